The maximum Gasteiger partial charge on any atom is 0.135 e. The minimum Gasteiger partial charge on any atom is -0.456 e. The van der Waals surface area contributed by atoms with Gasteiger partial charge in [0, 0.05) is 103 Å². The van der Waals surface area contributed by atoms with E-state index in [0.29, 0.717) is 0 Å². The average molecular weight is 1790 g/mol. The Kier molecular flexibility index (Phi) is 18.9. The number of hydrogen-bond donors (Lipinski definition) is 0. The van der Waals surface area contributed by atoms with Crippen LogP contribution in [0.5, 0.6) is 0 Å². The summed E-state index contributed by atoms with van der Waals surface area (Å²) in [5, 5.41) is 44.6. The van der Waals surface area contributed by atoms with Gasteiger partial charge in [-0.05, 0) is 328 Å². The van der Waals surface area contributed by atoms with E-state index >= 15 is 0 Å². The summed E-state index contributed by atoms with van der Waals surface area (Å²) < 4.78 is 18.0. The van der Waals surface area contributed by atoms with Crippen molar-refractivity contribution in [1.29, 1.82) is 0 Å². The Hall–Kier alpha value is -18.8. The lowest BCUT2D eigenvalue weighted by atomic mass is 9.91. The number of rotatable bonds is 6. The third kappa shape index (κ3) is 13.6. The van der Waals surface area contributed by atoms with Crippen molar-refractivity contribution in [2.45, 2.75) is 0 Å². The van der Waals surface area contributed by atoms with Gasteiger partial charge in [-0.25, -0.2) is 0 Å². The SMILES string of the molecule is c1cc(-c2cccc(-c3ccc4c5ccccc5c5ccncc5c4c3)c2)cc(-c2ccc3c4ccccc4c4ccccc4c3c2)c1.c1ccc2c(c1)oc1ccc(-c3ccc4c5ccccc5c5cnccc5c4c3)cc12.c1ccc2c(c1)oc1ccc(-c3ccc4c5ccncc5c5ccccc5c4c3)cc12.c1ccc2c(c1)oc1ccc(-c3ccc4c5cnccc5c5ccccc5c4c3)cc12. The van der Waals surface area contributed by atoms with E-state index in [9.17, 15) is 0 Å². The summed E-state index contributed by atoms with van der Waals surface area (Å²) in [6, 6.07) is 157. The minimum atomic E-state index is 0.924. The Morgan fingerprint density at radius 3 is 0.511 bits per heavy atom. The van der Waals surface area contributed by atoms with Crippen molar-refractivity contribution in [3.63, 3.8) is 0 Å². The fraction of sp³-hybridized carbons (Fsp3) is 0. The monoisotopic (exact) mass is 1790 g/mol. The molecule has 0 unspecified atom stereocenters. The number of benzene rings is 24. The van der Waals surface area contributed by atoms with Crippen molar-refractivity contribution in [2.24, 2.45) is 0 Å². The van der Waals surface area contributed by atoms with E-state index in [2.05, 4.69) is 420 Å². The topological polar surface area (TPSA) is 91.0 Å². The predicted molar refractivity (Wildman–Crippen MR) is 594 cm³/mol. The second-order valence-electron chi connectivity index (χ2n) is 36.8. The van der Waals surface area contributed by atoms with Gasteiger partial charge in [-0.15, -0.1) is 0 Å². The molecular weight excluding hydrogens is 1710 g/mol. The van der Waals surface area contributed by atoms with Gasteiger partial charge in [-0.2, -0.15) is 0 Å². The Morgan fingerprint density at radius 2 is 0.255 bits per heavy atom. The lowest BCUT2D eigenvalue weighted by molar-refractivity contribution is 0.668. The van der Waals surface area contributed by atoms with E-state index in [4.69, 9.17) is 13.3 Å². The molecule has 31 aromatic rings. The van der Waals surface area contributed by atoms with Crippen molar-refractivity contribution < 1.29 is 13.3 Å². The first kappa shape index (κ1) is 80.6. The second kappa shape index (κ2) is 33.0. The van der Waals surface area contributed by atoms with Crippen molar-refractivity contribution in [3.05, 3.63) is 486 Å². The number of para-hydroxylation sites is 3. The van der Waals surface area contributed by atoms with Crippen LogP contribution in [0.3, 0.4) is 0 Å². The van der Waals surface area contributed by atoms with Crippen LogP contribution >= 0.6 is 0 Å². The van der Waals surface area contributed by atoms with Crippen LogP contribution in [0.25, 0.3) is 294 Å². The van der Waals surface area contributed by atoms with Gasteiger partial charge in [0.1, 0.15) is 33.5 Å². The number of nitrogens with zero attached hydrogens (tertiary/aromatic N) is 4. The number of pyridine rings is 4. The van der Waals surface area contributed by atoms with Crippen molar-refractivity contribution in [1.82, 2.24) is 19.9 Å². The van der Waals surface area contributed by atoms with Crippen LogP contribution in [0.15, 0.2) is 500 Å². The maximum atomic E-state index is 6.01. The van der Waals surface area contributed by atoms with E-state index in [1.165, 1.54) is 228 Å². The molecule has 31 rings (SSSR count). The molecule has 0 bridgehead atoms. The van der Waals surface area contributed by atoms with Gasteiger partial charge in [0.05, 0.1) is 0 Å². The van der Waals surface area contributed by atoms with Crippen LogP contribution in [0.4, 0.5) is 0 Å². The molecule has 654 valence electrons. The van der Waals surface area contributed by atoms with Crippen LogP contribution in [-0.4, -0.2) is 19.9 Å². The fourth-order valence-corrected chi connectivity index (χ4v) is 22.5. The molecule has 7 nitrogen and oxygen atoms in total. The Bertz CT molecular complexity index is 9640. The summed E-state index contributed by atoms with van der Waals surface area (Å²) in [5.74, 6) is 0. The van der Waals surface area contributed by atoms with E-state index in [1.807, 2.05) is 86.0 Å². The zero-order valence-electron chi connectivity index (χ0n) is 76.2. The molecule has 7 aromatic heterocycles. The number of hydrogen-bond acceptors (Lipinski definition) is 7. The van der Waals surface area contributed by atoms with Gasteiger partial charge < -0.3 is 13.3 Å². The molecule has 7 heterocycles. The average Bonchev–Trinajstić information content (AvgIpc) is 1.52. The summed E-state index contributed by atoms with van der Waals surface area (Å²) in [4.78, 5) is 17.7. The van der Waals surface area contributed by atoms with Crippen LogP contribution in [0.1, 0.15) is 0 Å². The normalized spacial score (nSPS) is 11.8. The third-order valence-corrected chi connectivity index (χ3v) is 29.2. The largest absolute Gasteiger partial charge is 0.456 e. The summed E-state index contributed by atoms with van der Waals surface area (Å²) in [7, 11) is 0. The predicted octanol–water partition coefficient (Wildman–Crippen LogP) is 37.3. The van der Waals surface area contributed by atoms with Gasteiger partial charge in [-0.1, -0.05) is 315 Å². The van der Waals surface area contributed by atoms with Gasteiger partial charge in [-0.3, -0.25) is 19.9 Å². The molecule has 0 aliphatic carbocycles. The molecular formula is C134H80N4O3. The van der Waals surface area contributed by atoms with Crippen LogP contribution in [0.2, 0.25) is 0 Å². The summed E-state index contributed by atoms with van der Waals surface area (Å²) >= 11 is 0. The highest BCUT2D eigenvalue weighted by atomic mass is 16.3. The molecule has 0 aliphatic rings. The molecule has 0 spiro atoms. The van der Waals surface area contributed by atoms with Gasteiger partial charge in [0.15, 0.2) is 0 Å². The van der Waals surface area contributed by atoms with Gasteiger partial charge >= 0.3 is 0 Å². The van der Waals surface area contributed by atoms with Crippen molar-refractivity contribution in [3.8, 4) is 66.8 Å². The molecule has 141 heavy (non-hydrogen) atoms. The molecule has 0 aliphatic heterocycles. The van der Waals surface area contributed by atoms with Crippen molar-refractivity contribution >= 4 is 227 Å². The summed E-state index contributed by atoms with van der Waals surface area (Å²) in [5.41, 5.74) is 20.0. The van der Waals surface area contributed by atoms with E-state index in [0.717, 1.165) is 65.8 Å². The zero-order chi connectivity index (χ0) is 92.7. The molecule has 0 saturated carbocycles. The van der Waals surface area contributed by atoms with Gasteiger partial charge in [0.25, 0.3) is 0 Å². The van der Waals surface area contributed by atoms with E-state index < -0.39 is 0 Å². The lowest BCUT2D eigenvalue weighted by Crippen LogP contribution is -1.87. The fourth-order valence-electron chi connectivity index (χ4n) is 22.5. The zero-order valence-corrected chi connectivity index (χ0v) is 76.2. The van der Waals surface area contributed by atoms with Crippen LogP contribution < -0.4 is 0 Å². The Labute approximate surface area is 808 Å². The minimum absolute atomic E-state index is 0.924. The maximum absolute atomic E-state index is 6.01. The standard InChI is InChI=1S/C47H29N.3C29H17NO/c1-2-15-38-36(13-1)37-14-5-6-18-41(37)45-27-34(19-21-42(38)45)32-11-7-9-30(25-32)31-10-8-12-33(26-31)35-20-22-43-39-16-3-4-17-40(39)44-23-24-48-29-47(44)46(43)28-35;1-2-6-21-20(5-1)25-15-18(9-11-22(25)23-13-14-30-17-27(21)23)19-10-12-29-26(16-19)24-7-3-4-8-28(24)31-29;1-2-6-21-20(5-1)23-13-14-30-17-27(23)22-11-9-18(15-25(21)22)19-10-12-29-26(16-19)24-7-3-4-8-28(24)31-29;1-2-6-21-20(5-1)22-11-9-18(15-25(22)23-13-14-30-17-27(21)23)19-10-12-29-26(16-19)24-7-3-4-8-28(24)31-29/h1-29H;3*1-17H. The van der Waals surface area contributed by atoms with Crippen molar-refractivity contribution in [2.75, 3.05) is 0 Å². The summed E-state index contributed by atoms with van der Waals surface area (Å²) in [6.45, 7) is 0. The number of fused-ring (bicyclic) bond motifs is 39. The number of furan rings is 3. The highest BCUT2D eigenvalue weighted by molar-refractivity contribution is 6.31. The van der Waals surface area contributed by atoms with Crippen LogP contribution in [-0.2, 0) is 0 Å². The lowest BCUT2D eigenvalue weighted by Gasteiger charge is -2.13. The molecule has 0 saturated heterocycles. The molecule has 0 amide bonds. The van der Waals surface area contributed by atoms with Crippen LogP contribution in [0, 0.1) is 0 Å². The first-order chi connectivity index (χ1) is 69.9. The Morgan fingerprint density at radius 1 is 0.0993 bits per heavy atom. The molecule has 0 fully saturated rings. The Balaban J connectivity index is 0.0000000940. The first-order valence-electron chi connectivity index (χ1n) is 47.9. The third-order valence-electron chi connectivity index (χ3n) is 29.2. The molecule has 0 N–H and O–H groups in total. The quantitative estimate of drug-likeness (QED) is 0.153. The highest BCUT2D eigenvalue weighted by Crippen LogP contribution is 2.47. The molecule has 24 aromatic carbocycles. The molecule has 0 atom stereocenters. The van der Waals surface area contributed by atoms with Gasteiger partial charge in [0.2, 0.25) is 0 Å². The van der Waals surface area contributed by atoms with E-state index in [-0.39, 0.29) is 0 Å². The molecule has 0 radical (unpaired) electrons. The van der Waals surface area contributed by atoms with E-state index in [1.54, 1.807) is 0 Å². The molecule has 7 heteroatoms. The smallest absolute Gasteiger partial charge is 0.135 e. The first-order valence-corrected chi connectivity index (χ1v) is 47.9. The number of aromatic nitrogens is 4. The second-order valence-corrected chi connectivity index (χ2v) is 36.8. The highest BCUT2D eigenvalue weighted by Gasteiger charge is 2.21. The summed E-state index contributed by atoms with van der Waals surface area (Å²) in [6.07, 6.45) is 15.5.